The maximum Gasteiger partial charge on any atom is 0.231 e. The average molecular weight is 268 g/mol. The monoisotopic (exact) mass is 268 g/mol. The SMILES string of the molecule is CCN(CC)S(=O)(=O)C1CN1Cc1ccccc1. The molecule has 1 saturated heterocycles. The zero-order chi connectivity index (χ0) is 13.2. The van der Waals surface area contributed by atoms with E-state index >= 15 is 0 Å². The molecule has 2 unspecified atom stereocenters. The van der Waals surface area contributed by atoms with Gasteiger partial charge in [-0.05, 0) is 5.56 Å². The molecule has 1 aliphatic heterocycles. The van der Waals surface area contributed by atoms with Gasteiger partial charge < -0.3 is 0 Å². The molecule has 18 heavy (non-hydrogen) atoms. The van der Waals surface area contributed by atoms with Crippen molar-refractivity contribution in [1.82, 2.24) is 9.21 Å². The van der Waals surface area contributed by atoms with Gasteiger partial charge in [0.15, 0.2) is 0 Å². The van der Waals surface area contributed by atoms with E-state index in [1.165, 1.54) is 0 Å². The second kappa shape index (κ2) is 5.38. The van der Waals surface area contributed by atoms with Crippen LogP contribution >= 0.6 is 0 Å². The molecule has 0 aromatic heterocycles. The van der Waals surface area contributed by atoms with Crippen molar-refractivity contribution in [3.63, 3.8) is 0 Å². The third-order valence-electron chi connectivity index (χ3n) is 3.30. The van der Waals surface area contributed by atoms with Gasteiger partial charge in [0, 0.05) is 26.2 Å². The van der Waals surface area contributed by atoms with Gasteiger partial charge in [0.1, 0.15) is 5.37 Å². The lowest BCUT2D eigenvalue weighted by molar-refractivity contribution is 0.430. The first-order valence-corrected chi connectivity index (χ1v) is 7.86. The molecule has 0 saturated carbocycles. The first-order chi connectivity index (χ1) is 8.59. The molecule has 1 aromatic rings. The van der Waals surface area contributed by atoms with Crippen molar-refractivity contribution in [2.45, 2.75) is 25.8 Å². The van der Waals surface area contributed by atoms with E-state index in [-0.39, 0.29) is 5.37 Å². The maximum atomic E-state index is 12.2. The normalized spacial score (nSPS) is 23.3. The predicted octanol–water partition coefficient (Wildman–Crippen LogP) is 1.50. The fourth-order valence-electron chi connectivity index (χ4n) is 2.18. The summed E-state index contributed by atoms with van der Waals surface area (Å²) in [6.45, 7) is 6.22. The predicted molar refractivity (Wildman–Crippen MR) is 72.5 cm³/mol. The molecule has 2 atom stereocenters. The molecule has 4 nitrogen and oxygen atoms in total. The van der Waals surface area contributed by atoms with Crippen LogP contribution < -0.4 is 0 Å². The second-order valence-corrected chi connectivity index (χ2v) is 6.59. The highest BCUT2D eigenvalue weighted by molar-refractivity contribution is 7.90. The third-order valence-corrected chi connectivity index (χ3v) is 5.67. The number of sulfonamides is 1. The Bertz CT molecular complexity index is 483. The van der Waals surface area contributed by atoms with Crippen molar-refractivity contribution in [1.29, 1.82) is 0 Å². The van der Waals surface area contributed by atoms with Gasteiger partial charge in [-0.2, -0.15) is 0 Å². The zero-order valence-electron chi connectivity index (χ0n) is 10.9. The highest BCUT2D eigenvalue weighted by Crippen LogP contribution is 2.28. The number of rotatable bonds is 6. The topological polar surface area (TPSA) is 40.4 Å². The summed E-state index contributed by atoms with van der Waals surface area (Å²) in [6, 6.07) is 9.98. The molecule has 0 bridgehead atoms. The van der Waals surface area contributed by atoms with E-state index in [2.05, 4.69) is 0 Å². The standard InChI is InChI=1S/C13H20N2O2S/c1-3-15(4-2)18(16,17)13-11-14(13)10-12-8-6-5-7-9-12/h5-9,13H,3-4,10-11H2,1-2H3. The van der Waals surface area contributed by atoms with Crippen LogP contribution in [0.3, 0.4) is 0 Å². The Morgan fingerprint density at radius 2 is 1.83 bits per heavy atom. The van der Waals surface area contributed by atoms with E-state index in [1.807, 2.05) is 49.1 Å². The van der Waals surface area contributed by atoms with Crippen molar-refractivity contribution >= 4 is 10.0 Å². The highest BCUT2D eigenvalue weighted by Gasteiger charge is 2.46. The molecular weight excluding hydrogens is 248 g/mol. The summed E-state index contributed by atoms with van der Waals surface area (Å²) in [4.78, 5) is 1.99. The van der Waals surface area contributed by atoms with Crippen molar-refractivity contribution in [2.24, 2.45) is 0 Å². The molecule has 2 rings (SSSR count). The number of hydrogen-bond donors (Lipinski definition) is 0. The molecule has 5 heteroatoms. The minimum absolute atomic E-state index is 0.322. The molecule has 1 aromatic carbocycles. The molecule has 0 spiro atoms. The van der Waals surface area contributed by atoms with Gasteiger partial charge in [0.2, 0.25) is 10.0 Å². The van der Waals surface area contributed by atoms with Crippen molar-refractivity contribution in [2.75, 3.05) is 19.6 Å². The first kappa shape index (κ1) is 13.5. The molecule has 1 heterocycles. The van der Waals surface area contributed by atoms with Gasteiger partial charge in [-0.15, -0.1) is 0 Å². The Labute approximate surface area is 109 Å². The van der Waals surface area contributed by atoms with Gasteiger partial charge in [-0.1, -0.05) is 44.2 Å². The first-order valence-electron chi connectivity index (χ1n) is 6.36. The van der Waals surface area contributed by atoms with Crippen LogP contribution in [-0.2, 0) is 16.6 Å². The lowest BCUT2D eigenvalue weighted by Crippen LogP contribution is -2.35. The van der Waals surface area contributed by atoms with Crippen LogP contribution in [0.5, 0.6) is 0 Å². The van der Waals surface area contributed by atoms with Crippen LogP contribution in [0.2, 0.25) is 0 Å². The minimum Gasteiger partial charge on any atom is -0.278 e. The highest BCUT2D eigenvalue weighted by atomic mass is 32.2. The Morgan fingerprint density at radius 1 is 1.22 bits per heavy atom. The lowest BCUT2D eigenvalue weighted by Gasteiger charge is -2.18. The molecule has 1 aliphatic rings. The fourth-order valence-corrected chi connectivity index (χ4v) is 4.07. The summed E-state index contributed by atoms with van der Waals surface area (Å²) in [6.07, 6.45) is 0. The van der Waals surface area contributed by atoms with Gasteiger partial charge >= 0.3 is 0 Å². The maximum absolute atomic E-state index is 12.2. The number of nitrogens with zero attached hydrogens (tertiary/aromatic N) is 2. The van der Waals surface area contributed by atoms with Crippen molar-refractivity contribution < 1.29 is 8.42 Å². The van der Waals surface area contributed by atoms with Crippen LogP contribution in [0.4, 0.5) is 0 Å². The third kappa shape index (κ3) is 2.74. The van der Waals surface area contributed by atoms with E-state index in [9.17, 15) is 8.42 Å². The summed E-state index contributed by atoms with van der Waals surface area (Å²) in [7, 11) is -3.14. The van der Waals surface area contributed by atoms with Gasteiger partial charge in [-0.25, -0.2) is 12.7 Å². The van der Waals surface area contributed by atoms with E-state index in [4.69, 9.17) is 0 Å². The van der Waals surface area contributed by atoms with Crippen LogP contribution in [-0.4, -0.2) is 42.6 Å². The number of benzene rings is 1. The van der Waals surface area contributed by atoms with Crippen molar-refractivity contribution in [3.8, 4) is 0 Å². The van der Waals surface area contributed by atoms with E-state index < -0.39 is 10.0 Å². The van der Waals surface area contributed by atoms with Crippen molar-refractivity contribution in [3.05, 3.63) is 35.9 Å². The minimum atomic E-state index is -3.14. The van der Waals surface area contributed by atoms with Crippen LogP contribution in [0.1, 0.15) is 19.4 Å². The smallest absolute Gasteiger partial charge is 0.231 e. The Balaban J connectivity index is 1.99. The van der Waals surface area contributed by atoms with Crippen LogP contribution in [0.25, 0.3) is 0 Å². The van der Waals surface area contributed by atoms with Crippen LogP contribution in [0.15, 0.2) is 30.3 Å². The number of hydrogen-bond acceptors (Lipinski definition) is 3. The van der Waals surface area contributed by atoms with Gasteiger partial charge in [0.05, 0.1) is 0 Å². The van der Waals surface area contributed by atoms with E-state index in [1.54, 1.807) is 4.31 Å². The fraction of sp³-hybridized carbons (Fsp3) is 0.538. The van der Waals surface area contributed by atoms with Gasteiger partial charge in [0.25, 0.3) is 0 Å². The molecular formula is C13H20N2O2S. The summed E-state index contributed by atoms with van der Waals surface area (Å²) in [5.74, 6) is 0. The van der Waals surface area contributed by atoms with Crippen LogP contribution in [0, 0.1) is 0 Å². The quantitative estimate of drug-likeness (QED) is 0.734. The lowest BCUT2D eigenvalue weighted by atomic mass is 10.2. The largest absolute Gasteiger partial charge is 0.278 e. The Hall–Kier alpha value is -0.910. The molecule has 0 aliphatic carbocycles. The Kier molecular flexibility index (Phi) is 4.04. The van der Waals surface area contributed by atoms with E-state index in [0.717, 1.165) is 5.56 Å². The average Bonchev–Trinajstić information content (AvgIpc) is 3.11. The molecule has 1 fully saturated rings. The summed E-state index contributed by atoms with van der Waals surface area (Å²) in [5, 5.41) is -0.322. The molecule has 0 radical (unpaired) electrons. The molecule has 100 valence electrons. The summed E-state index contributed by atoms with van der Waals surface area (Å²) in [5.41, 5.74) is 1.16. The van der Waals surface area contributed by atoms with E-state index in [0.29, 0.717) is 26.2 Å². The molecule has 0 amide bonds. The second-order valence-electron chi connectivity index (χ2n) is 4.50. The summed E-state index contributed by atoms with van der Waals surface area (Å²) < 4.78 is 26.0. The molecule has 0 N–H and O–H groups in total. The summed E-state index contributed by atoms with van der Waals surface area (Å²) >= 11 is 0. The zero-order valence-corrected chi connectivity index (χ0v) is 11.7. The van der Waals surface area contributed by atoms with Gasteiger partial charge in [-0.3, -0.25) is 4.90 Å². The Morgan fingerprint density at radius 3 is 2.39 bits per heavy atom.